The van der Waals surface area contributed by atoms with Gasteiger partial charge in [-0.3, -0.25) is 4.79 Å². The van der Waals surface area contributed by atoms with Gasteiger partial charge >= 0.3 is 5.82 Å². The van der Waals surface area contributed by atoms with Gasteiger partial charge in [-0.05, 0) is 22.0 Å². The van der Waals surface area contributed by atoms with Crippen molar-refractivity contribution in [3.05, 3.63) is 34.0 Å². The Balaban J connectivity index is 3.10. The molecule has 11 heavy (non-hydrogen) atoms. The van der Waals surface area contributed by atoms with E-state index in [1.165, 1.54) is 18.2 Å². The zero-order chi connectivity index (χ0) is 8.27. The van der Waals surface area contributed by atoms with Crippen molar-refractivity contribution in [2.75, 3.05) is 0 Å². The Kier molecular flexibility index (Phi) is 1.91. The van der Waals surface area contributed by atoms with Gasteiger partial charge in [-0.1, -0.05) is 0 Å². The van der Waals surface area contributed by atoms with E-state index in [9.17, 15) is 14.9 Å². The molecular weight excluding hydrogens is 148 g/mol. The first-order valence-electron chi connectivity index (χ1n) is 2.80. The fraction of sp³-hybridized carbons (Fsp3) is 0. The molecule has 0 fully saturated rings. The molecular formula is C6H4N2O3. The molecule has 0 bridgehead atoms. The fourth-order valence-electron chi connectivity index (χ4n) is 0.607. The first-order valence-corrected chi connectivity index (χ1v) is 2.80. The third kappa shape index (κ3) is 1.57. The van der Waals surface area contributed by atoms with Gasteiger partial charge in [0.1, 0.15) is 0 Å². The van der Waals surface area contributed by atoms with Gasteiger partial charge in [-0.25, -0.2) is 0 Å². The van der Waals surface area contributed by atoms with Crippen LogP contribution in [0.3, 0.4) is 0 Å². The third-order valence-corrected chi connectivity index (χ3v) is 1.06. The smallest absolute Gasteiger partial charge is 0.358 e. The van der Waals surface area contributed by atoms with E-state index < -0.39 is 4.92 Å². The molecule has 0 spiro atoms. The average molecular weight is 152 g/mol. The lowest BCUT2D eigenvalue weighted by Crippen LogP contribution is -1.94. The number of pyridine rings is 1. The fourth-order valence-corrected chi connectivity index (χ4v) is 0.607. The van der Waals surface area contributed by atoms with Crippen LogP contribution in [0.15, 0.2) is 18.2 Å². The first-order chi connectivity index (χ1) is 5.24. The summed E-state index contributed by atoms with van der Waals surface area (Å²) in [7, 11) is 0. The molecule has 0 aliphatic carbocycles. The van der Waals surface area contributed by atoms with Crippen LogP contribution in [0.25, 0.3) is 0 Å². The van der Waals surface area contributed by atoms with Crippen molar-refractivity contribution in [3.63, 3.8) is 0 Å². The Morgan fingerprint density at radius 3 is 2.82 bits per heavy atom. The molecule has 0 N–H and O–H groups in total. The molecule has 0 amide bonds. The highest BCUT2D eigenvalue weighted by Crippen LogP contribution is 2.05. The van der Waals surface area contributed by atoms with Gasteiger partial charge in [0.25, 0.3) is 0 Å². The van der Waals surface area contributed by atoms with Crippen molar-refractivity contribution in [1.29, 1.82) is 0 Å². The van der Waals surface area contributed by atoms with Gasteiger partial charge < -0.3 is 10.1 Å². The molecule has 0 radical (unpaired) electrons. The molecule has 1 aromatic rings. The van der Waals surface area contributed by atoms with Gasteiger partial charge in [0.2, 0.25) is 5.69 Å². The van der Waals surface area contributed by atoms with Crippen molar-refractivity contribution < 1.29 is 9.72 Å². The maximum atomic E-state index is 10.1. The van der Waals surface area contributed by atoms with Crippen molar-refractivity contribution in [1.82, 2.24) is 4.98 Å². The van der Waals surface area contributed by atoms with E-state index in [1.54, 1.807) is 0 Å². The summed E-state index contributed by atoms with van der Waals surface area (Å²) in [6.45, 7) is 0. The van der Waals surface area contributed by atoms with Crippen LogP contribution in [0.1, 0.15) is 10.5 Å². The highest BCUT2D eigenvalue weighted by atomic mass is 16.6. The SMILES string of the molecule is O=Cc1cccc([N+](=O)[O-])n1. The van der Waals surface area contributed by atoms with Crippen LogP contribution < -0.4 is 0 Å². The largest absolute Gasteiger partial charge is 0.364 e. The topological polar surface area (TPSA) is 73.1 Å². The van der Waals surface area contributed by atoms with E-state index in [2.05, 4.69) is 4.98 Å². The van der Waals surface area contributed by atoms with E-state index in [0.717, 1.165) is 0 Å². The lowest BCUT2D eigenvalue weighted by atomic mass is 10.4. The van der Waals surface area contributed by atoms with Crippen LogP contribution >= 0.6 is 0 Å². The Bertz CT molecular complexity index is 298. The van der Waals surface area contributed by atoms with E-state index in [-0.39, 0.29) is 11.5 Å². The van der Waals surface area contributed by atoms with Crippen molar-refractivity contribution in [3.8, 4) is 0 Å². The highest BCUT2D eigenvalue weighted by Gasteiger charge is 2.07. The zero-order valence-corrected chi connectivity index (χ0v) is 5.43. The molecule has 1 heterocycles. The Morgan fingerprint density at radius 1 is 1.55 bits per heavy atom. The first kappa shape index (κ1) is 7.33. The van der Waals surface area contributed by atoms with Gasteiger partial charge in [-0.15, -0.1) is 0 Å². The molecule has 56 valence electrons. The number of aldehydes is 1. The Labute approximate surface area is 61.8 Å². The van der Waals surface area contributed by atoms with Crippen LogP contribution in [-0.4, -0.2) is 16.2 Å². The summed E-state index contributed by atoms with van der Waals surface area (Å²) in [5, 5.41) is 10.1. The average Bonchev–Trinajstić information content (AvgIpc) is 2.05. The molecule has 0 aromatic carbocycles. The number of nitro groups is 1. The minimum Gasteiger partial charge on any atom is -0.358 e. The maximum absolute atomic E-state index is 10.1. The molecule has 0 atom stereocenters. The predicted molar refractivity (Wildman–Crippen MR) is 36.3 cm³/mol. The molecule has 0 unspecified atom stereocenters. The number of hydrogen-bond acceptors (Lipinski definition) is 4. The summed E-state index contributed by atoms with van der Waals surface area (Å²) in [4.78, 5) is 23.0. The van der Waals surface area contributed by atoms with Crippen molar-refractivity contribution >= 4 is 12.1 Å². The van der Waals surface area contributed by atoms with Crippen LogP contribution in [-0.2, 0) is 0 Å². The summed E-state index contributed by atoms with van der Waals surface area (Å²) in [6.07, 6.45) is 0.465. The van der Waals surface area contributed by atoms with Crippen LogP contribution in [0.2, 0.25) is 0 Å². The van der Waals surface area contributed by atoms with E-state index in [0.29, 0.717) is 6.29 Å². The van der Waals surface area contributed by atoms with Crippen LogP contribution in [0, 0.1) is 10.1 Å². The maximum Gasteiger partial charge on any atom is 0.364 e. The zero-order valence-electron chi connectivity index (χ0n) is 5.43. The summed E-state index contributed by atoms with van der Waals surface area (Å²) >= 11 is 0. The molecule has 0 aliphatic heterocycles. The standard InChI is InChI=1S/C6H4N2O3/c9-4-5-2-1-3-6(7-5)8(10)11/h1-4H. The van der Waals surface area contributed by atoms with Crippen molar-refractivity contribution in [2.45, 2.75) is 0 Å². The number of rotatable bonds is 2. The molecule has 0 saturated carbocycles. The summed E-state index contributed by atoms with van der Waals surface area (Å²) in [5.41, 5.74) is 0.0687. The number of hydrogen-bond donors (Lipinski definition) is 0. The van der Waals surface area contributed by atoms with E-state index >= 15 is 0 Å². The monoisotopic (exact) mass is 152 g/mol. The quantitative estimate of drug-likeness (QED) is 0.357. The van der Waals surface area contributed by atoms with Crippen LogP contribution in [0.4, 0.5) is 5.82 Å². The summed E-state index contributed by atoms with van der Waals surface area (Å²) in [5.74, 6) is -0.311. The second kappa shape index (κ2) is 2.87. The summed E-state index contributed by atoms with van der Waals surface area (Å²) in [6, 6.07) is 4.04. The minimum absolute atomic E-state index is 0.0687. The lowest BCUT2D eigenvalue weighted by Gasteiger charge is -1.89. The molecule has 0 saturated heterocycles. The van der Waals surface area contributed by atoms with Crippen molar-refractivity contribution in [2.24, 2.45) is 0 Å². The van der Waals surface area contributed by atoms with E-state index in [1.807, 2.05) is 0 Å². The second-order valence-electron chi connectivity index (χ2n) is 1.80. The van der Waals surface area contributed by atoms with Crippen LogP contribution in [0.5, 0.6) is 0 Å². The highest BCUT2D eigenvalue weighted by molar-refractivity contribution is 5.71. The molecule has 5 heteroatoms. The van der Waals surface area contributed by atoms with E-state index in [4.69, 9.17) is 0 Å². The third-order valence-electron chi connectivity index (χ3n) is 1.06. The number of carbonyl (C=O) groups is 1. The normalized spacial score (nSPS) is 9.09. The lowest BCUT2D eigenvalue weighted by molar-refractivity contribution is -0.389. The van der Waals surface area contributed by atoms with Gasteiger partial charge in [-0.2, -0.15) is 0 Å². The predicted octanol–water partition coefficient (Wildman–Crippen LogP) is 0.802. The van der Waals surface area contributed by atoms with Gasteiger partial charge in [0, 0.05) is 6.07 Å². The van der Waals surface area contributed by atoms with Gasteiger partial charge in [0.15, 0.2) is 6.29 Å². The molecule has 1 aromatic heterocycles. The molecule has 5 nitrogen and oxygen atoms in total. The number of nitrogens with zero attached hydrogens (tertiary/aromatic N) is 2. The number of aromatic nitrogens is 1. The molecule has 0 aliphatic rings. The molecule has 1 rings (SSSR count). The van der Waals surface area contributed by atoms with Gasteiger partial charge in [0.05, 0.1) is 0 Å². The Hall–Kier alpha value is -1.78. The second-order valence-corrected chi connectivity index (χ2v) is 1.80. The minimum atomic E-state index is -0.646. The number of carbonyl (C=O) groups excluding carboxylic acids is 1. The Morgan fingerprint density at radius 2 is 2.27 bits per heavy atom. The summed E-state index contributed by atoms with van der Waals surface area (Å²) < 4.78 is 0.